The maximum atomic E-state index is 12.7. The monoisotopic (exact) mass is 476 g/mol. The summed E-state index contributed by atoms with van der Waals surface area (Å²) >= 11 is 5.85. The molecule has 33 heavy (non-hydrogen) atoms. The van der Waals surface area contributed by atoms with Gasteiger partial charge in [0.1, 0.15) is 16.5 Å². The zero-order valence-corrected chi connectivity index (χ0v) is 17.7. The Bertz CT molecular complexity index is 1290. The number of rotatable bonds is 6. The first-order valence-electron chi connectivity index (χ1n) is 9.60. The second-order valence-electron chi connectivity index (χ2n) is 7.00. The number of amides is 1. The third-order valence-electron chi connectivity index (χ3n) is 4.56. The largest absolute Gasteiger partial charge is 0.481 e. The van der Waals surface area contributed by atoms with Crippen LogP contribution in [0, 0.1) is 0 Å². The zero-order valence-electron chi connectivity index (χ0n) is 17.0. The van der Waals surface area contributed by atoms with Crippen molar-refractivity contribution in [3.05, 3.63) is 71.5 Å². The summed E-state index contributed by atoms with van der Waals surface area (Å²) in [5, 5.41) is 10.2. The molecule has 0 spiro atoms. The Hall–Kier alpha value is -3.79. The molecule has 0 saturated carbocycles. The molecule has 0 radical (unpaired) electrons. The quantitative estimate of drug-likeness (QED) is 0.365. The number of H-pyrrole nitrogens is 1. The molecule has 0 aliphatic rings. The molecule has 2 N–H and O–H groups in total. The molecule has 1 atom stereocenters. The normalized spacial score (nSPS) is 12.4. The van der Waals surface area contributed by atoms with Crippen LogP contribution in [-0.4, -0.2) is 27.2 Å². The van der Waals surface area contributed by atoms with Crippen molar-refractivity contribution in [2.75, 3.05) is 5.32 Å². The molecule has 11 heteroatoms. The van der Waals surface area contributed by atoms with E-state index in [1.165, 1.54) is 12.1 Å². The third kappa shape index (κ3) is 5.35. The Morgan fingerprint density at radius 1 is 1.09 bits per heavy atom. The van der Waals surface area contributed by atoms with Crippen LogP contribution in [0.5, 0.6) is 17.4 Å². The average molecular weight is 477 g/mol. The van der Waals surface area contributed by atoms with E-state index in [2.05, 4.69) is 20.5 Å². The molecular formula is C22H16ClF3N4O3. The fraction of sp³-hybridized carbons (Fsp3) is 0.136. The van der Waals surface area contributed by atoms with E-state index >= 15 is 0 Å². The van der Waals surface area contributed by atoms with Crippen molar-refractivity contribution in [2.24, 2.45) is 0 Å². The number of hydrogen-bond acceptors (Lipinski definition) is 5. The number of ether oxygens (including phenoxy) is 2. The number of fused-ring (bicyclic) bond motifs is 1. The second kappa shape index (κ2) is 8.99. The van der Waals surface area contributed by atoms with Gasteiger partial charge in [0.25, 0.3) is 5.91 Å². The van der Waals surface area contributed by atoms with Crippen LogP contribution >= 0.6 is 11.6 Å². The smallest absolute Gasteiger partial charge is 0.417 e. The fourth-order valence-corrected chi connectivity index (χ4v) is 3.07. The highest BCUT2D eigenvalue weighted by Crippen LogP contribution is 2.35. The van der Waals surface area contributed by atoms with Crippen LogP contribution in [0.3, 0.4) is 0 Å². The van der Waals surface area contributed by atoms with Crippen molar-refractivity contribution in [1.82, 2.24) is 15.2 Å². The van der Waals surface area contributed by atoms with Crippen LogP contribution in [0.2, 0.25) is 5.02 Å². The van der Waals surface area contributed by atoms with Gasteiger partial charge < -0.3 is 14.8 Å². The van der Waals surface area contributed by atoms with Crippen LogP contribution < -0.4 is 14.8 Å². The van der Waals surface area contributed by atoms with E-state index in [9.17, 15) is 18.0 Å². The molecule has 7 nitrogen and oxygen atoms in total. The minimum absolute atomic E-state index is 0.166. The van der Waals surface area contributed by atoms with E-state index in [4.69, 9.17) is 21.1 Å². The number of alkyl halides is 3. The molecule has 0 fully saturated rings. The van der Waals surface area contributed by atoms with Gasteiger partial charge in [0, 0.05) is 17.3 Å². The molecular weight excluding hydrogens is 461 g/mol. The minimum Gasteiger partial charge on any atom is -0.481 e. The van der Waals surface area contributed by atoms with Gasteiger partial charge in [0.2, 0.25) is 5.88 Å². The Kier molecular flexibility index (Phi) is 6.10. The van der Waals surface area contributed by atoms with Gasteiger partial charge in [-0.05, 0) is 55.5 Å². The fourth-order valence-electron chi connectivity index (χ4n) is 2.87. The molecule has 2 aromatic heterocycles. The van der Waals surface area contributed by atoms with Gasteiger partial charge in [-0.2, -0.15) is 18.3 Å². The molecule has 4 rings (SSSR count). The van der Waals surface area contributed by atoms with E-state index in [0.29, 0.717) is 17.6 Å². The molecule has 0 saturated heterocycles. The van der Waals surface area contributed by atoms with Crippen molar-refractivity contribution in [3.63, 3.8) is 0 Å². The van der Waals surface area contributed by atoms with E-state index in [1.54, 1.807) is 37.4 Å². The Balaban J connectivity index is 1.36. The summed E-state index contributed by atoms with van der Waals surface area (Å²) < 4.78 is 49.2. The summed E-state index contributed by atoms with van der Waals surface area (Å²) in [6.45, 7) is 1.60. The number of nitrogens with one attached hydrogen (secondary N) is 2. The van der Waals surface area contributed by atoms with Gasteiger partial charge in [-0.15, -0.1) is 0 Å². The molecule has 0 bridgehead atoms. The Morgan fingerprint density at radius 2 is 1.82 bits per heavy atom. The summed E-state index contributed by atoms with van der Waals surface area (Å²) in [6, 6.07) is 12.2. The van der Waals surface area contributed by atoms with Crippen LogP contribution in [0.25, 0.3) is 10.9 Å². The molecule has 0 aliphatic carbocycles. The Morgan fingerprint density at radius 3 is 2.52 bits per heavy atom. The Labute approximate surface area is 190 Å². The molecule has 1 amide bonds. The van der Waals surface area contributed by atoms with Gasteiger partial charge in [0.05, 0.1) is 17.3 Å². The van der Waals surface area contributed by atoms with E-state index in [1.807, 2.05) is 6.07 Å². The maximum Gasteiger partial charge on any atom is 0.417 e. The highest BCUT2D eigenvalue weighted by atomic mass is 35.5. The number of nitrogens with zero attached hydrogens (tertiary/aromatic N) is 2. The van der Waals surface area contributed by atoms with Gasteiger partial charge in [-0.25, -0.2) is 4.98 Å². The topological polar surface area (TPSA) is 89.1 Å². The standard InChI is InChI=1S/C22H16ClF3N4O3/c1-12(20(31)29-15-3-2-13-10-28-30-19(13)9-15)32-16-4-6-17(7-5-16)33-21-18(23)8-14(11-27-21)22(24,25)26/h2-12H,1H3,(H,28,30)(H,29,31). The third-order valence-corrected chi connectivity index (χ3v) is 4.84. The van der Waals surface area contributed by atoms with Gasteiger partial charge in [-0.3, -0.25) is 9.89 Å². The molecule has 2 aromatic carbocycles. The highest BCUT2D eigenvalue weighted by molar-refractivity contribution is 6.31. The first kappa shape index (κ1) is 22.4. The number of anilines is 1. The minimum atomic E-state index is -4.55. The average Bonchev–Trinajstić information content (AvgIpc) is 3.23. The number of pyridine rings is 1. The number of aromatic nitrogens is 3. The number of carbonyl (C=O) groups excluding carboxylic acids is 1. The van der Waals surface area contributed by atoms with Crippen molar-refractivity contribution < 1.29 is 27.4 Å². The maximum absolute atomic E-state index is 12.7. The molecule has 4 aromatic rings. The SMILES string of the molecule is CC(Oc1ccc(Oc2ncc(C(F)(F)F)cc2Cl)cc1)C(=O)Nc1ccc2cn[nH]c2c1. The zero-order chi connectivity index (χ0) is 23.6. The van der Waals surface area contributed by atoms with E-state index in [-0.39, 0.29) is 22.6 Å². The van der Waals surface area contributed by atoms with Crippen LogP contribution in [-0.2, 0) is 11.0 Å². The lowest BCUT2D eigenvalue weighted by Gasteiger charge is -2.15. The summed E-state index contributed by atoms with van der Waals surface area (Å²) in [7, 11) is 0. The second-order valence-corrected chi connectivity index (χ2v) is 7.41. The summed E-state index contributed by atoms with van der Waals surface area (Å²) in [5.74, 6) is 0.150. The van der Waals surface area contributed by atoms with Crippen molar-refractivity contribution >= 4 is 34.1 Å². The van der Waals surface area contributed by atoms with E-state index < -0.39 is 17.8 Å². The number of benzene rings is 2. The summed E-state index contributed by atoms with van der Waals surface area (Å²) in [6.07, 6.45) is -3.03. The van der Waals surface area contributed by atoms with Crippen molar-refractivity contribution in [1.29, 1.82) is 0 Å². The number of aromatic amines is 1. The lowest BCUT2D eigenvalue weighted by Crippen LogP contribution is -2.30. The number of carbonyl (C=O) groups is 1. The summed E-state index contributed by atoms with van der Waals surface area (Å²) in [4.78, 5) is 16.1. The number of halogens is 4. The van der Waals surface area contributed by atoms with Gasteiger partial charge >= 0.3 is 6.18 Å². The first-order valence-corrected chi connectivity index (χ1v) is 9.98. The van der Waals surface area contributed by atoms with E-state index in [0.717, 1.165) is 17.0 Å². The predicted molar refractivity (Wildman–Crippen MR) is 116 cm³/mol. The molecule has 1 unspecified atom stereocenters. The lowest BCUT2D eigenvalue weighted by atomic mass is 10.2. The lowest BCUT2D eigenvalue weighted by molar-refractivity contribution is -0.137. The highest BCUT2D eigenvalue weighted by Gasteiger charge is 2.31. The van der Waals surface area contributed by atoms with Crippen molar-refractivity contribution in [3.8, 4) is 17.4 Å². The van der Waals surface area contributed by atoms with Crippen molar-refractivity contribution in [2.45, 2.75) is 19.2 Å². The van der Waals surface area contributed by atoms with Crippen LogP contribution in [0.1, 0.15) is 12.5 Å². The summed E-state index contributed by atoms with van der Waals surface area (Å²) in [5.41, 5.74) is 0.414. The van der Waals surface area contributed by atoms with Gasteiger partial charge in [0.15, 0.2) is 6.10 Å². The first-order chi connectivity index (χ1) is 15.7. The van der Waals surface area contributed by atoms with Crippen LogP contribution in [0.4, 0.5) is 18.9 Å². The molecule has 2 heterocycles. The molecule has 170 valence electrons. The van der Waals surface area contributed by atoms with Gasteiger partial charge in [-0.1, -0.05) is 11.6 Å². The molecule has 0 aliphatic heterocycles. The van der Waals surface area contributed by atoms with Crippen LogP contribution in [0.15, 0.2) is 60.9 Å². The number of hydrogen-bond donors (Lipinski definition) is 2. The predicted octanol–water partition coefficient (Wildman–Crippen LogP) is 5.83.